The highest BCUT2D eigenvalue weighted by Crippen LogP contribution is 2.56. The molecule has 2 saturated carbocycles. The SMILES string of the molecule is O=C1CCC(N2C(=O)c3cccc(CCc4ccc(CN5CC6(C5)CC(F)(F)C6)cc4)c3C2=O)C(=O)C1. The van der Waals surface area contributed by atoms with Crippen LogP contribution >= 0.6 is 0 Å². The van der Waals surface area contributed by atoms with Crippen LogP contribution < -0.4 is 0 Å². The van der Waals surface area contributed by atoms with E-state index in [1.807, 2.05) is 18.2 Å². The van der Waals surface area contributed by atoms with Crippen molar-refractivity contribution in [3.63, 3.8) is 0 Å². The van der Waals surface area contributed by atoms with E-state index in [4.69, 9.17) is 0 Å². The molecule has 8 heteroatoms. The molecule has 1 unspecified atom stereocenters. The molecule has 1 saturated heterocycles. The Balaban J connectivity index is 1.08. The van der Waals surface area contributed by atoms with Crippen LogP contribution in [0.3, 0.4) is 0 Å². The summed E-state index contributed by atoms with van der Waals surface area (Å²) < 4.78 is 26.4. The van der Waals surface area contributed by atoms with Crippen LogP contribution in [0.5, 0.6) is 0 Å². The topological polar surface area (TPSA) is 74.8 Å². The number of amides is 2. The molecular formula is C29H28F2N2O4. The highest BCUT2D eigenvalue weighted by atomic mass is 19.3. The molecule has 0 aromatic heterocycles. The average molecular weight is 507 g/mol. The van der Waals surface area contributed by atoms with E-state index < -0.39 is 23.8 Å². The number of carbonyl (C=O) groups is 4. The Morgan fingerprint density at radius 2 is 1.57 bits per heavy atom. The number of rotatable bonds is 6. The molecule has 192 valence electrons. The second kappa shape index (κ2) is 8.65. The first-order chi connectivity index (χ1) is 17.6. The first-order valence-corrected chi connectivity index (χ1v) is 12.9. The quantitative estimate of drug-likeness (QED) is 0.438. The Morgan fingerprint density at radius 3 is 2.24 bits per heavy atom. The highest BCUT2D eigenvalue weighted by molar-refractivity contribution is 6.24. The normalized spacial score (nSPS) is 24.3. The van der Waals surface area contributed by atoms with E-state index in [0.717, 1.165) is 41.2 Å². The van der Waals surface area contributed by atoms with Gasteiger partial charge in [-0.15, -0.1) is 0 Å². The summed E-state index contributed by atoms with van der Waals surface area (Å²) in [7, 11) is 0. The number of hydrogen-bond donors (Lipinski definition) is 0. The summed E-state index contributed by atoms with van der Waals surface area (Å²) in [6.45, 7) is 2.21. The Labute approximate surface area is 213 Å². The van der Waals surface area contributed by atoms with Gasteiger partial charge >= 0.3 is 0 Å². The van der Waals surface area contributed by atoms with Gasteiger partial charge in [-0.3, -0.25) is 29.0 Å². The lowest BCUT2D eigenvalue weighted by Crippen LogP contribution is -2.65. The van der Waals surface area contributed by atoms with Crippen LogP contribution in [0.15, 0.2) is 42.5 Å². The van der Waals surface area contributed by atoms with Gasteiger partial charge in [0, 0.05) is 44.3 Å². The number of aryl methyl sites for hydroxylation is 2. The van der Waals surface area contributed by atoms with Crippen LogP contribution in [0.2, 0.25) is 0 Å². The fourth-order valence-electron chi connectivity index (χ4n) is 6.63. The summed E-state index contributed by atoms with van der Waals surface area (Å²) in [5, 5.41) is 0. The Kier molecular flexibility index (Phi) is 5.64. The van der Waals surface area contributed by atoms with E-state index >= 15 is 0 Å². The molecule has 2 aromatic carbocycles. The molecule has 2 aliphatic heterocycles. The number of ketones is 2. The molecule has 6 rings (SSSR count). The third-order valence-corrected chi connectivity index (χ3v) is 8.28. The molecule has 2 aliphatic carbocycles. The van der Waals surface area contributed by atoms with Crippen molar-refractivity contribution < 1.29 is 28.0 Å². The van der Waals surface area contributed by atoms with Crippen LogP contribution in [0.25, 0.3) is 0 Å². The van der Waals surface area contributed by atoms with Crippen molar-refractivity contribution in [3.05, 3.63) is 70.3 Å². The van der Waals surface area contributed by atoms with E-state index in [1.165, 1.54) is 0 Å². The Morgan fingerprint density at radius 1 is 0.865 bits per heavy atom. The van der Waals surface area contributed by atoms with Gasteiger partial charge in [0.05, 0.1) is 23.6 Å². The zero-order chi connectivity index (χ0) is 25.9. The van der Waals surface area contributed by atoms with Crippen molar-refractivity contribution in [1.82, 2.24) is 9.80 Å². The number of nitrogens with zero attached hydrogens (tertiary/aromatic N) is 2. The number of alkyl halides is 2. The molecular weight excluding hydrogens is 478 g/mol. The van der Waals surface area contributed by atoms with Crippen LogP contribution in [0.1, 0.15) is 69.5 Å². The summed E-state index contributed by atoms with van der Waals surface area (Å²) in [4.78, 5) is 53.6. The minimum absolute atomic E-state index is 0.0150. The predicted molar refractivity (Wildman–Crippen MR) is 130 cm³/mol. The van der Waals surface area contributed by atoms with Crippen molar-refractivity contribution in [2.75, 3.05) is 13.1 Å². The third-order valence-electron chi connectivity index (χ3n) is 8.28. The first kappa shape index (κ1) is 24.1. The molecule has 4 aliphatic rings. The number of halogens is 2. The smallest absolute Gasteiger partial charge is 0.262 e. The highest BCUT2D eigenvalue weighted by Gasteiger charge is 2.61. The zero-order valence-corrected chi connectivity index (χ0v) is 20.5. The summed E-state index contributed by atoms with van der Waals surface area (Å²) in [6, 6.07) is 12.6. The number of carbonyl (C=O) groups excluding carboxylic acids is 4. The molecule has 2 heterocycles. The first-order valence-electron chi connectivity index (χ1n) is 12.9. The Hall–Kier alpha value is -3.26. The van der Waals surface area contributed by atoms with Gasteiger partial charge in [0.15, 0.2) is 5.78 Å². The summed E-state index contributed by atoms with van der Waals surface area (Å²) in [6.07, 6.45) is 1.43. The van der Waals surface area contributed by atoms with Gasteiger partial charge in [-0.2, -0.15) is 0 Å². The van der Waals surface area contributed by atoms with Crippen LogP contribution in [0.4, 0.5) is 8.78 Å². The van der Waals surface area contributed by atoms with Gasteiger partial charge in [-0.25, -0.2) is 8.78 Å². The summed E-state index contributed by atoms with van der Waals surface area (Å²) in [5.74, 6) is -3.91. The van der Waals surface area contributed by atoms with Gasteiger partial charge < -0.3 is 0 Å². The fraction of sp³-hybridized carbons (Fsp3) is 0.448. The molecule has 0 bridgehead atoms. The molecule has 6 nitrogen and oxygen atoms in total. The molecule has 2 amide bonds. The lowest BCUT2D eigenvalue weighted by Gasteiger charge is -2.58. The standard InChI is InChI=1S/C29H28F2N2O4/c30-29(31)14-28(15-29)16-32(17-28)13-19-6-4-18(5-7-19)8-9-20-2-1-3-22-25(20)27(37)33(26(22)36)23-11-10-21(34)12-24(23)35/h1-7,23H,8-17H2. The van der Waals surface area contributed by atoms with Crippen LogP contribution in [-0.4, -0.2) is 58.2 Å². The van der Waals surface area contributed by atoms with E-state index in [2.05, 4.69) is 17.0 Å². The van der Waals surface area contributed by atoms with Gasteiger partial charge in [0.25, 0.3) is 11.8 Å². The minimum atomic E-state index is -2.48. The largest absolute Gasteiger partial charge is 0.299 e. The summed E-state index contributed by atoms with van der Waals surface area (Å²) in [5.41, 5.74) is 3.51. The number of Topliss-reactive ketones (excluding diaryl/α,β-unsaturated/α-hetero) is 2. The van der Waals surface area contributed by atoms with Gasteiger partial charge in [-0.1, -0.05) is 36.4 Å². The second-order valence-corrected chi connectivity index (χ2v) is 11.2. The van der Waals surface area contributed by atoms with E-state index in [1.54, 1.807) is 12.1 Å². The molecule has 3 fully saturated rings. The fourth-order valence-corrected chi connectivity index (χ4v) is 6.63. The molecule has 2 aromatic rings. The number of imide groups is 1. The maximum absolute atomic E-state index is 13.3. The number of hydrogen-bond acceptors (Lipinski definition) is 5. The third kappa shape index (κ3) is 4.31. The van der Waals surface area contributed by atoms with Gasteiger partial charge in [-0.05, 0) is 42.0 Å². The van der Waals surface area contributed by atoms with Crippen molar-refractivity contribution in [1.29, 1.82) is 0 Å². The second-order valence-electron chi connectivity index (χ2n) is 11.2. The molecule has 37 heavy (non-hydrogen) atoms. The van der Waals surface area contributed by atoms with Gasteiger partial charge in [0.2, 0.25) is 5.92 Å². The van der Waals surface area contributed by atoms with Crippen LogP contribution in [0, 0.1) is 5.41 Å². The number of benzene rings is 2. The average Bonchev–Trinajstić information content (AvgIpc) is 3.07. The maximum atomic E-state index is 13.3. The lowest BCUT2D eigenvalue weighted by atomic mass is 9.61. The predicted octanol–water partition coefficient (Wildman–Crippen LogP) is 3.99. The lowest BCUT2D eigenvalue weighted by molar-refractivity contribution is -0.214. The van der Waals surface area contributed by atoms with Gasteiger partial charge in [0.1, 0.15) is 5.78 Å². The number of fused-ring (bicyclic) bond motifs is 1. The van der Waals surface area contributed by atoms with Crippen molar-refractivity contribution in [2.24, 2.45) is 5.41 Å². The van der Waals surface area contributed by atoms with Crippen LogP contribution in [-0.2, 0) is 29.0 Å². The number of likely N-dealkylation sites (tertiary alicyclic amines) is 1. The van der Waals surface area contributed by atoms with E-state index in [0.29, 0.717) is 24.0 Å². The summed E-state index contributed by atoms with van der Waals surface area (Å²) >= 11 is 0. The molecule has 1 atom stereocenters. The monoisotopic (exact) mass is 506 g/mol. The van der Waals surface area contributed by atoms with Crippen molar-refractivity contribution in [3.8, 4) is 0 Å². The zero-order valence-electron chi connectivity index (χ0n) is 20.5. The van der Waals surface area contributed by atoms with E-state index in [-0.39, 0.29) is 49.1 Å². The van der Waals surface area contributed by atoms with Crippen molar-refractivity contribution >= 4 is 23.4 Å². The van der Waals surface area contributed by atoms with Crippen molar-refractivity contribution in [2.45, 2.75) is 63.5 Å². The molecule has 0 radical (unpaired) electrons. The minimum Gasteiger partial charge on any atom is -0.299 e. The molecule has 0 N–H and O–H groups in total. The Bertz CT molecular complexity index is 1300. The maximum Gasteiger partial charge on any atom is 0.262 e. The van der Waals surface area contributed by atoms with E-state index in [9.17, 15) is 28.0 Å². The molecule has 1 spiro atoms.